The molecule has 0 unspecified atom stereocenters. The van der Waals surface area contributed by atoms with E-state index in [0.717, 1.165) is 5.88 Å². The van der Waals surface area contributed by atoms with Crippen LogP contribution in [0.4, 0.5) is 0 Å². The Morgan fingerprint density at radius 1 is 1.36 bits per heavy atom. The Kier molecular flexibility index (Phi) is 3.14. The third-order valence-corrected chi connectivity index (χ3v) is 2.19. The minimum Gasteiger partial charge on any atom is -0.478 e. The van der Waals surface area contributed by atoms with Gasteiger partial charge in [0.05, 0.1) is 6.61 Å². The molecule has 0 radical (unpaired) electrons. The van der Waals surface area contributed by atoms with Crippen LogP contribution in [0.2, 0.25) is 0 Å². The van der Waals surface area contributed by atoms with Gasteiger partial charge >= 0.3 is 0 Å². The van der Waals surface area contributed by atoms with Gasteiger partial charge in [-0.25, -0.2) is 4.98 Å². The quantitative estimate of drug-likeness (QED) is 0.720. The predicted molar refractivity (Wildman–Crippen MR) is 58.8 cm³/mol. The zero-order valence-corrected chi connectivity index (χ0v) is 9.72. The van der Waals surface area contributed by atoms with Crippen LogP contribution in [0.15, 0.2) is 12.3 Å². The van der Waals surface area contributed by atoms with E-state index in [2.05, 4.69) is 32.7 Å². The van der Waals surface area contributed by atoms with Crippen molar-refractivity contribution in [2.24, 2.45) is 0 Å². The van der Waals surface area contributed by atoms with Gasteiger partial charge in [0.15, 0.2) is 0 Å². The van der Waals surface area contributed by atoms with E-state index >= 15 is 0 Å². The SMILES string of the molecule is CCOc1cc(C)c(C(C)(C)C)cn1. The van der Waals surface area contributed by atoms with Crippen molar-refractivity contribution in [1.29, 1.82) is 0 Å². The summed E-state index contributed by atoms with van der Waals surface area (Å²) in [6.07, 6.45) is 1.92. The van der Waals surface area contributed by atoms with Crippen molar-refractivity contribution >= 4 is 0 Å². The molecule has 0 bridgehead atoms. The van der Waals surface area contributed by atoms with Gasteiger partial charge in [-0.2, -0.15) is 0 Å². The molecule has 0 fully saturated rings. The van der Waals surface area contributed by atoms with Gasteiger partial charge < -0.3 is 4.74 Å². The lowest BCUT2D eigenvalue weighted by Crippen LogP contribution is -2.13. The normalized spacial score (nSPS) is 11.5. The summed E-state index contributed by atoms with van der Waals surface area (Å²) in [5.74, 6) is 0.720. The molecule has 0 aliphatic carbocycles. The molecule has 1 rings (SSSR count). The highest BCUT2D eigenvalue weighted by Crippen LogP contribution is 2.26. The van der Waals surface area contributed by atoms with E-state index in [1.165, 1.54) is 11.1 Å². The molecule has 78 valence electrons. The molecule has 0 aliphatic heterocycles. The van der Waals surface area contributed by atoms with Gasteiger partial charge in [0.2, 0.25) is 5.88 Å². The Bertz CT molecular complexity index is 313. The second kappa shape index (κ2) is 3.99. The van der Waals surface area contributed by atoms with Crippen LogP contribution in [0.25, 0.3) is 0 Å². The first kappa shape index (κ1) is 11.0. The standard InChI is InChI=1S/C12H19NO/c1-6-14-11-7-9(2)10(8-13-11)12(3,4)5/h7-8H,6H2,1-5H3. The third-order valence-electron chi connectivity index (χ3n) is 2.19. The van der Waals surface area contributed by atoms with Crippen LogP contribution in [-0.4, -0.2) is 11.6 Å². The van der Waals surface area contributed by atoms with Gasteiger partial charge in [-0.15, -0.1) is 0 Å². The number of pyridine rings is 1. The zero-order chi connectivity index (χ0) is 10.8. The average Bonchev–Trinajstić information content (AvgIpc) is 2.02. The molecule has 0 atom stereocenters. The molecule has 0 saturated carbocycles. The summed E-state index contributed by atoms with van der Waals surface area (Å²) >= 11 is 0. The largest absolute Gasteiger partial charge is 0.478 e. The molecule has 0 saturated heterocycles. The average molecular weight is 193 g/mol. The highest BCUT2D eigenvalue weighted by atomic mass is 16.5. The first-order valence-corrected chi connectivity index (χ1v) is 5.05. The maximum absolute atomic E-state index is 5.34. The van der Waals surface area contributed by atoms with Crippen molar-refractivity contribution in [3.63, 3.8) is 0 Å². The minimum absolute atomic E-state index is 0.155. The molecular weight excluding hydrogens is 174 g/mol. The number of ether oxygens (including phenoxy) is 1. The van der Waals surface area contributed by atoms with Gasteiger partial charge in [0, 0.05) is 12.3 Å². The van der Waals surface area contributed by atoms with Crippen molar-refractivity contribution in [2.75, 3.05) is 6.61 Å². The van der Waals surface area contributed by atoms with Gasteiger partial charge in [0.1, 0.15) is 0 Å². The maximum atomic E-state index is 5.34. The molecular formula is C12H19NO. The lowest BCUT2D eigenvalue weighted by atomic mass is 9.85. The van der Waals surface area contributed by atoms with E-state index in [0.29, 0.717) is 6.61 Å². The van der Waals surface area contributed by atoms with E-state index in [4.69, 9.17) is 4.74 Å². The summed E-state index contributed by atoms with van der Waals surface area (Å²) in [5, 5.41) is 0. The van der Waals surface area contributed by atoms with E-state index in [-0.39, 0.29) is 5.41 Å². The highest BCUT2D eigenvalue weighted by Gasteiger charge is 2.16. The topological polar surface area (TPSA) is 22.1 Å². The van der Waals surface area contributed by atoms with Crippen LogP contribution >= 0.6 is 0 Å². The van der Waals surface area contributed by atoms with Gasteiger partial charge in [-0.05, 0) is 30.4 Å². The Morgan fingerprint density at radius 2 is 2.00 bits per heavy atom. The molecule has 0 N–H and O–H groups in total. The molecule has 14 heavy (non-hydrogen) atoms. The van der Waals surface area contributed by atoms with E-state index in [9.17, 15) is 0 Å². The van der Waals surface area contributed by atoms with Gasteiger partial charge in [0.25, 0.3) is 0 Å². The number of nitrogens with zero attached hydrogens (tertiary/aromatic N) is 1. The van der Waals surface area contributed by atoms with Crippen LogP contribution in [-0.2, 0) is 5.41 Å². The summed E-state index contributed by atoms with van der Waals surface area (Å²) in [6, 6.07) is 2.00. The summed E-state index contributed by atoms with van der Waals surface area (Å²) in [6.45, 7) is 11.3. The molecule has 2 nitrogen and oxygen atoms in total. The van der Waals surface area contributed by atoms with Crippen LogP contribution in [0.3, 0.4) is 0 Å². The second-order valence-electron chi connectivity index (χ2n) is 4.52. The molecule has 0 aromatic carbocycles. The summed E-state index contributed by atoms with van der Waals surface area (Å²) < 4.78 is 5.34. The van der Waals surface area contributed by atoms with E-state index in [1.807, 2.05) is 19.2 Å². The van der Waals surface area contributed by atoms with Crippen molar-refractivity contribution < 1.29 is 4.74 Å². The fourth-order valence-electron chi connectivity index (χ4n) is 1.54. The molecule has 2 heteroatoms. The maximum Gasteiger partial charge on any atom is 0.213 e. The Morgan fingerprint density at radius 3 is 2.43 bits per heavy atom. The van der Waals surface area contributed by atoms with Crippen LogP contribution < -0.4 is 4.74 Å². The van der Waals surface area contributed by atoms with Crippen LogP contribution in [0.5, 0.6) is 5.88 Å². The molecule has 1 aromatic rings. The van der Waals surface area contributed by atoms with E-state index in [1.54, 1.807) is 0 Å². The van der Waals surface area contributed by atoms with Crippen molar-refractivity contribution in [3.05, 3.63) is 23.4 Å². The fraction of sp³-hybridized carbons (Fsp3) is 0.583. The second-order valence-corrected chi connectivity index (χ2v) is 4.52. The molecule has 1 aromatic heterocycles. The fourth-order valence-corrected chi connectivity index (χ4v) is 1.54. The third kappa shape index (κ3) is 2.47. The number of rotatable bonds is 2. The van der Waals surface area contributed by atoms with Crippen LogP contribution in [0, 0.1) is 6.92 Å². The Labute approximate surface area is 86.3 Å². The van der Waals surface area contributed by atoms with Crippen molar-refractivity contribution in [1.82, 2.24) is 4.98 Å². The molecule has 0 amide bonds. The van der Waals surface area contributed by atoms with E-state index < -0.39 is 0 Å². The summed E-state index contributed by atoms with van der Waals surface area (Å²) in [5.41, 5.74) is 2.68. The first-order valence-electron chi connectivity index (χ1n) is 5.05. The smallest absolute Gasteiger partial charge is 0.213 e. The van der Waals surface area contributed by atoms with Crippen LogP contribution in [0.1, 0.15) is 38.8 Å². The summed E-state index contributed by atoms with van der Waals surface area (Å²) in [4.78, 5) is 4.27. The number of aryl methyl sites for hydroxylation is 1. The first-order chi connectivity index (χ1) is 6.45. The number of hydrogen-bond donors (Lipinski definition) is 0. The van der Waals surface area contributed by atoms with Crippen molar-refractivity contribution in [2.45, 2.75) is 40.0 Å². The Hall–Kier alpha value is -1.05. The molecule has 0 aliphatic rings. The minimum atomic E-state index is 0.155. The summed E-state index contributed by atoms with van der Waals surface area (Å²) in [7, 11) is 0. The number of aromatic nitrogens is 1. The van der Waals surface area contributed by atoms with Gasteiger partial charge in [-0.3, -0.25) is 0 Å². The zero-order valence-electron chi connectivity index (χ0n) is 9.72. The molecule has 0 spiro atoms. The lowest BCUT2D eigenvalue weighted by molar-refractivity contribution is 0.326. The Balaban J connectivity index is 3.02. The molecule has 1 heterocycles. The predicted octanol–water partition coefficient (Wildman–Crippen LogP) is 3.09. The van der Waals surface area contributed by atoms with Crippen molar-refractivity contribution in [3.8, 4) is 5.88 Å². The highest BCUT2D eigenvalue weighted by molar-refractivity contribution is 5.32. The van der Waals surface area contributed by atoms with Gasteiger partial charge in [-0.1, -0.05) is 20.8 Å². The number of hydrogen-bond acceptors (Lipinski definition) is 2. The monoisotopic (exact) mass is 193 g/mol. The lowest BCUT2D eigenvalue weighted by Gasteiger charge is -2.21.